The van der Waals surface area contributed by atoms with Crippen molar-refractivity contribution in [3.05, 3.63) is 77.5 Å². The molecule has 0 amide bonds. The quantitative estimate of drug-likeness (QED) is 0.321. The molecule has 0 aliphatic rings. The number of pyridine rings is 1. The van der Waals surface area contributed by atoms with Gasteiger partial charge in [-0.15, -0.1) is 11.3 Å². The first-order chi connectivity index (χ1) is 14.0. The monoisotopic (exact) mass is 413 g/mol. The number of hydrogen-bond donors (Lipinski definition) is 0. The van der Waals surface area contributed by atoms with E-state index < -0.39 is 0 Å². The van der Waals surface area contributed by atoms with Crippen LogP contribution in [-0.2, 0) is 10.8 Å². The lowest BCUT2D eigenvalue weighted by molar-refractivity contribution is 0.590. The van der Waals surface area contributed by atoms with Gasteiger partial charge in [0.15, 0.2) is 0 Å². The summed E-state index contributed by atoms with van der Waals surface area (Å²) >= 11 is 1.82. The van der Waals surface area contributed by atoms with Gasteiger partial charge < -0.3 is 0 Å². The van der Waals surface area contributed by atoms with Crippen LogP contribution >= 0.6 is 11.3 Å². The minimum atomic E-state index is 0.125. The van der Waals surface area contributed by atoms with Crippen LogP contribution in [0.2, 0.25) is 0 Å². The summed E-state index contributed by atoms with van der Waals surface area (Å²) in [5, 5.41) is 1.26. The summed E-state index contributed by atoms with van der Waals surface area (Å²) in [4.78, 5) is 6.10. The second kappa shape index (κ2) is 7.35. The normalized spacial score (nSPS) is 12.5. The predicted octanol–water partition coefficient (Wildman–Crippen LogP) is 8.53. The Morgan fingerprint density at radius 3 is 2.00 bits per heavy atom. The Morgan fingerprint density at radius 2 is 1.37 bits per heavy atom. The van der Waals surface area contributed by atoms with E-state index in [1.165, 1.54) is 42.8 Å². The molecule has 154 valence electrons. The molecule has 1 nitrogen and oxygen atoms in total. The van der Waals surface area contributed by atoms with Crippen LogP contribution in [0.5, 0.6) is 0 Å². The van der Waals surface area contributed by atoms with E-state index in [-0.39, 0.29) is 10.8 Å². The predicted molar refractivity (Wildman–Crippen MR) is 133 cm³/mol. The second-order valence-corrected chi connectivity index (χ2v) is 11.5. The van der Waals surface area contributed by atoms with Crippen LogP contribution in [0.1, 0.15) is 58.2 Å². The van der Waals surface area contributed by atoms with Gasteiger partial charge in [-0.2, -0.15) is 0 Å². The van der Waals surface area contributed by atoms with Crippen molar-refractivity contribution in [2.75, 3.05) is 0 Å². The maximum absolute atomic E-state index is 4.81. The second-order valence-electron chi connectivity index (χ2n) is 10.4. The van der Waals surface area contributed by atoms with E-state index in [0.717, 1.165) is 5.69 Å². The Balaban J connectivity index is 1.72. The highest BCUT2D eigenvalue weighted by molar-refractivity contribution is 7.22. The summed E-state index contributed by atoms with van der Waals surface area (Å²) < 4.78 is 1.23. The van der Waals surface area contributed by atoms with E-state index in [1.807, 2.05) is 17.5 Å². The van der Waals surface area contributed by atoms with Crippen molar-refractivity contribution in [2.45, 2.75) is 59.3 Å². The summed E-state index contributed by atoms with van der Waals surface area (Å²) in [6.07, 6.45) is 2.03. The molecule has 30 heavy (non-hydrogen) atoms. The Hall–Kier alpha value is -2.45. The largest absolute Gasteiger partial charge is 0.255 e. The summed E-state index contributed by atoms with van der Waals surface area (Å²) in [6.45, 7) is 15.7. The van der Waals surface area contributed by atoms with Gasteiger partial charge in [0.1, 0.15) is 0 Å². The van der Waals surface area contributed by atoms with Gasteiger partial charge in [0, 0.05) is 16.6 Å². The molecule has 0 saturated heterocycles. The standard InChI is InChI=1S/C28H31NS/c1-18-12-20(14-23(13-18)28(5,6)7)24-15-21-16-25(30-26(21)17-29-24)19-8-10-22(11-9-19)27(2,3)4/h8-17H,1-7H3. The van der Waals surface area contributed by atoms with Gasteiger partial charge in [-0.05, 0) is 64.1 Å². The van der Waals surface area contributed by atoms with Crippen molar-refractivity contribution in [1.29, 1.82) is 0 Å². The van der Waals surface area contributed by atoms with E-state index in [0.29, 0.717) is 0 Å². The molecule has 2 aromatic carbocycles. The van der Waals surface area contributed by atoms with E-state index in [1.54, 1.807) is 0 Å². The van der Waals surface area contributed by atoms with Crippen LogP contribution in [0.3, 0.4) is 0 Å². The van der Waals surface area contributed by atoms with Crippen molar-refractivity contribution < 1.29 is 0 Å². The van der Waals surface area contributed by atoms with Gasteiger partial charge in [-0.1, -0.05) is 77.4 Å². The molecule has 0 spiro atoms. The zero-order valence-electron chi connectivity index (χ0n) is 19.1. The van der Waals surface area contributed by atoms with Crippen LogP contribution < -0.4 is 0 Å². The van der Waals surface area contributed by atoms with Crippen LogP contribution in [-0.4, -0.2) is 4.98 Å². The third-order valence-electron chi connectivity index (χ3n) is 5.68. The molecule has 0 bridgehead atoms. The van der Waals surface area contributed by atoms with E-state index >= 15 is 0 Å². The molecule has 0 fully saturated rings. The zero-order chi connectivity index (χ0) is 21.7. The molecule has 0 atom stereocenters. The van der Waals surface area contributed by atoms with Crippen LogP contribution in [0.4, 0.5) is 0 Å². The summed E-state index contributed by atoms with van der Waals surface area (Å²) in [6, 6.07) is 20.4. The molecule has 0 saturated carbocycles. The SMILES string of the molecule is Cc1cc(-c2cc3cc(-c4ccc(C(C)(C)C)cc4)sc3cn2)cc(C(C)(C)C)c1. The van der Waals surface area contributed by atoms with Gasteiger partial charge in [-0.3, -0.25) is 4.98 Å². The van der Waals surface area contributed by atoms with Gasteiger partial charge >= 0.3 is 0 Å². The molecule has 0 aliphatic heterocycles. The molecule has 0 unspecified atom stereocenters. The molecule has 4 rings (SSSR count). The number of fused-ring (bicyclic) bond motifs is 1. The average molecular weight is 414 g/mol. The van der Waals surface area contributed by atoms with Crippen LogP contribution in [0.15, 0.2) is 60.8 Å². The van der Waals surface area contributed by atoms with Crippen LogP contribution in [0.25, 0.3) is 31.8 Å². The smallest absolute Gasteiger partial charge is 0.0709 e. The number of thiophene rings is 1. The highest BCUT2D eigenvalue weighted by Crippen LogP contribution is 2.36. The fourth-order valence-electron chi connectivity index (χ4n) is 3.74. The Kier molecular flexibility index (Phi) is 5.10. The van der Waals surface area contributed by atoms with Gasteiger partial charge in [0.2, 0.25) is 0 Å². The average Bonchev–Trinajstić information content (AvgIpc) is 3.09. The lowest BCUT2D eigenvalue weighted by Gasteiger charge is -2.20. The molecule has 0 radical (unpaired) electrons. The first-order valence-corrected chi connectivity index (χ1v) is 11.5. The maximum atomic E-state index is 4.81. The fraction of sp³-hybridized carbons (Fsp3) is 0.321. The highest BCUT2D eigenvalue weighted by atomic mass is 32.1. The van der Waals surface area contributed by atoms with Crippen molar-refractivity contribution >= 4 is 21.4 Å². The third kappa shape index (κ3) is 4.20. The fourth-order valence-corrected chi connectivity index (χ4v) is 4.76. The topological polar surface area (TPSA) is 12.9 Å². The number of hydrogen-bond acceptors (Lipinski definition) is 2. The molecule has 2 aromatic heterocycles. The summed E-state index contributed by atoms with van der Waals surface area (Å²) in [5.41, 5.74) is 7.82. The highest BCUT2D eigenvalue weighted by Gasteiger charge is 2.16. The first-order valence-electron chi connectivity index (χ1n) is 10.6. The zero-order valence-corrected chi connectivity index (χ0v) is 19.9. The van der Waals surface area contributed by atoms with Crippen molar-refractivity contribution in [3.8, 4) is 21.7 Å². The molecule has 2 heteroatoms. The first kappa shape index (κ1) is 20.8. The van der Waals surface area contributed by atoms with Crippen molar-refractivity contribution in [2.24, 2.45) is 0 Å². The van der Waals surface area contributed by atoms with Crippen LogP contribution in [0, 0.1) is 6.92 Å². The molecule has 0 aliphatic carbocycles. The Morgan fingerprint density at radius 1 is 0.700 bits per heavy atom. The molecular weight excluding hydrogens is 382 g/mol. The maximum Gasteiger partial charge on any atom is 0.0709 e. The minimum Gasteiger partial charge on any atom is -0.255 e. The molecule has 2 heterocycles. The number of aryl methyl sites for hydroxylation is 1. The van der Waals surface area contributed by atoms with E-state index in [2.05, 4.69) is 103 Å². The van der Waals surface area contributed by atoms with Crippen molar-refractivity contribution in [3.63, 3.8) is 0 Å². The number of aromatic nitrogens is 1. The summed E-state index contributed by atoms with van der Waals surface area (Å²) in [5.74, 6) is 0. The Bertz CT molecular complexity index is 1200. The number of rotatable bonds is 2. The number of nitrogens with zero attached hydrogens (tertiary/aromatic N) is 1. The lowest BCUT2D eigenvalue weighted by Crippen LogP contribution is -2.11. The molecule has 4 aromatic rings. The van der Waals surface area contributed by atoms with E-state index in [9.17, 15) is 0 Å². The number of benzene rings is 2. The lowest BCUT2D eigenvalue weighted by atomic mass is 9.85. The molecular formula is C28H31NS. The summed E-state index contributed by atoms with van der Waals surface area (Å²) in [7, 11) is 0. The molecule has 0 N–H and O–H groups in total. The minimum absolute atomic E-state index is 0.125. The Labute approximate surface area is 184 Å². The van der Waals surface area contributed by atoms with E-state index in [4.69, 9.17) is 4.98 Å². The van der Waals surface area contributed by atoms with Gasteiger partial charge in [-0.25, -0.2) is 0 Å². The van der Waals surface area contributed by atoms with Crippen molar-refractivity contribution in [1.82, 2.24) is 4.98 Å². The van der Waals surface area contributed by atoms with Gasteiger partial charge in [0.05, 0.1) is 10.4 Å². The van der Waals surface area contributed by atoms with Gasteiger partial charge in [0.25, 0.3) is 0 Å². The third-order valence-corrected chi connectivity index (χ3v) is 6.81.